The highest BCUT2D eigenvalue weighted by Crippen LogP contribution is 2.30. The molecule has 0 aliphatic carbocycles. The summed E-state index contributed by atoms with van der Waals surface area (Å²) in [5, 5.41) is 0.689. The topological polar surface area (TPSA) is 45.8 Å². The first kappa shape index (κ1) is 7.94. The van der Waals surface area contributed by atoms with E-state index in [9.17, 15) is 4.79 Å². The molecule has 0 bridgehead atoms. The molecule has 12 heavy (non-hydrogen) atoms. The number of halogens is 1. The van der Waals surface area contributed by atoms with Crippen molar-refractivity contribution in [3.8, 4) is 0 Å². The van der Waals surface area contributed by atoms with E-state index in [1.54, 1.807) is 0 Å². The first-order valence-corrected chi connectivity index (χ1v) is 4.93. The number of H-pyrrole nitrogens is 1. The number of nitrogens with one attached hydrogen (secondary N) is 1. The smallest absolute Gasteiger partial charge is 0.259 e. The van der Waals surface area contributed by atoms with Gasteiger partial charge < -0.3 is 4.98 Å². The van der Waals surface area contributed by atoms with Crippen LogP contribution >= 0.6 is 27.3 Å². The Morgan fingerprint density at radius 3 is 3.08 bits per heavy atom. The molecule has 0 radical (unpaired) electrons. The van der Waals surface area contributed by atoms with Gasteiger partial charge in [-0.3, -0.25) is 4.79 Å². The van der Waals surface area contributed by atoms with Gasteiger partial charge in [0.25, 0.3) is 5.56 Å². The van der Waals surface area contributed by atoms with E-state index in [0.717, 1.165) is 14.2 Å². The van der Waals surface area contributed by atoms with Gasteiger partial charge in [0.2, 0.25) is 0 Å². The second-order valence-electron chi connectivity index (χ2n) is 2.39. The Labute approximate surface area is 80.6 Å². The molecule has 2 aromatic rings. The van der Waals surface area contributed by atoms with Gasteiger partial charge >= 0.3 is 0 Å². The third-order valence-electron chi connectivity index (χ3n) is 1.63. The Hall–Kier alpha value is -0.680. The predicted octanol–water partition coefficient (Wildman–Crippen LogP) is 2.06. The minimum Gasteiger partial charge on any atom is -0.313 e. The van der Waals surface area contributed by atoms with Crippen molar-refractivity contribution in [2.24, 2.45) is 0 Å². The van der Waals surface area contributed by atoms with Gasteiger partial charge in [0.05, 0.1) is 15.5 Å². The second-order valence-corrected chi connectivity index (χ2v) is 4.93. The van der Waals surface area contributed by atoms with E-state index in [4.69, 9.17) is 0 Å². The molecule has 62 valence electrons. The SMILES string of the molecule is Cc1sc(Br)c2nc[nH]c(=O)c12. The van der Waals surface area contributed by atoms with Crippen LogP contribution in [0.5, 0.6) is 0 Å². The molecule has 0 aromatic carbocycles. The van der Waals surface area contributed by atoms with Gasteiger partial charge in [-0.05, 0) is 22.9 Å². The lowest BCUT2D eigenvalue weighted by Crippen LogP contribution is -2.05. The molecule has 2 heterocycles. The molecule has 0 aliphatic heterocycles. The van der Waals surface area contributed by atoms with Crippen molar-refractivity contribution in [2.45, 2.75) is 6.92 Å². The van der Waals surface area contributed by atoms with Gasteiger partial charge in [0.1, 0.15) is 5.52 Å². The van der Waals surface area contributed by atoms with Gasteiger partial charge in [-0.2, -0.15) is 0 Å². The molecule has 0 fully saturated rings. The summed E-state index contributed by atoms with van der Waals surface area (Å²) in [5.74, 6) is 0. The summed E-state index contributed by atoms with van der Waals surface area (Å²) in [6.45, 7) is 1.91. The molecule has 2 aromatic heterocycles. The molecule has 3 nitrogen and oxygen atoms in total. The van der Waals surface area contributed by atoms with Crippen LogP contribution in [-0.4, -0.2) is 9.97 Å². The van der Waals surface area contributed by atoms with E-state index < -0.39 is 0 Å². The number of thiophene rings is 1. The Balaban J connectivity index is 3.09. The summed E-state index contributed by atoms with van der Waals surface area (Å²) in [6, 6.07) is 0. The van der Waals surface area contributed by atoms with Crippen LogP contribution in [-0.2, 0) is 0 Å². The van der Waals surface area contributed by atoms with Crippen molar-refractivity contribution < 1.29 is 0 Å². The summed E-state index contributed by atoms with van der Waals surface area (Å²) < 4.78 is 0.918. The van der Waals surface area contributed by atoms with Crippen LogP contribution in [0.4, 0.5) is 0 Å². The molecule has 5 heteroatoms. The van der Waals surface area contributed by atoms with Crippen molar-refractivity contribution in [2.75, 3.05) is 0 Å². The molecule has 0 saturated heterocycles. The summed E-state index contributed by atoms with van der Waals surface area (Å²) >= 11 is 4.89. The van der Waals surface area contributed by atoms with Crippen LogP contribution < -0.4 is 5.56 Å². The highest BCUT2D eigenvalue weighted by atomic mass is 79.9. The minimum atomic E-state index is -0.0700. The fourth-order valence-electron chi connectivity index (χ4n) is 1.11. The number of aromatic amines is 1. The molecular weight excluding hydrogens is 240 g/mol. The number of aromatic nitrogens is 2. The Morgan fingerprint density at radius 2 is 2.42 bits per heavy atom. The van der Waals surface area contributed by atoms with Crippen LogP contribution in [0.2, 0.25) is 0 Å². The number of hydrogen-bond acceptors (Lipinski definition) is 3. The molecule has 2 rings (SSSR count). The number of hydrogen-bond donors (Lipinski definition) is 1. The van der Waals surface area contributed by atoms with E-state index in [1.807, 2.05) is 6.92 Å². The fraction of sp³-hybridized carbons (Fsp3) is 0.143. The zero-order valence-electron chi connectivity index (χ0n) is 6.22. The average molecular weight is 245 g/mol. The van der Waals surface area contributed by atoms with Gasteiger partial charge in [0, 0.05) is 4.88 Å². The van der Waals surface area contributed by atoms with Crippen LogP contribution in [0.1, 0.15) is 4.88 Å². The second kappa shape index (κ2) is 2.67. The lowest BCUT2D eigenvalue weighted by molar-refractivity contribution is 1.17. The first-order valence-electron chi connectivity index (χ1n) is 3.32. The van der Waals surface area contributed by atoms with Gasteiger partial charge in [-0.15, -0.1) is 11.3 Å². The molecule has 0 amide bonds. The molecule has 0 atom stereocenters. The maximum Gasteiger partial charge on any atom is 0.259 e. The van der Waals surface area contributed by atoms with Crippen molar-refractivity contribution in [1.82, 2.24) is 9.97 Å². The predicted molar refractivity (Wildman–Crippen MR) is 52.7 cm³/mol. The summed E-state index contributed by atoms with van der Waals surface area (Å²) in [5.41, 5.74) is 0.681. The Kier molecular flexibility index (Phi) is 1.77. The zero-order valence-corrected chi connectivity index (χ0v) is 8.62. The highest BCUT2D eigenvalue weighted by Gasteiger charge is 2.09. The Bertz CT molecular complexity index is 488. The van der Waals surface area contributed by atoms with Crippen molar-refractivity contribution in [3.63, 3.8) is 0 Å². The number of rotatable bonds is 0. The van der Waals surface area contributed by atoms with E-state index in [0.29, 0.717) is 5.39 Å². The van der Waals surface area contributed by atoms with Crippen molar-refractivity contribution in [1.29, 1.82) is 0 Å². The minimum absolute atomic E-state index is 0.0700. The fourth-order valence-corrected chi connectivity index (χ4v) is 2.95. The third-order valence-corrected chi connectivity index (χ3v) is 3.38. The van der Waals surface area contributed by atoms with Crippen LogP contribution in [0.15, 0.2) is 14.9 Å². The quantitative estimate of drug-likeness (QED) is 0.772. The summed E-state index contributed by atoms with van der Waals surface area (Å²) in [7, 11) is 0. The zero-order chi connectivity index (χ0) is 8.72. The van der Waals surface area contributed by atoms with Crippen molar-refractivity contribution >= 4 is 38.2 Å². The maximum absolute atomic E-state index is 11.3. The van der Waals surface area contributed by atoms with E-state index in [1.165, 1.54) is 17.7 Å². The van der Waals surface area contributed by atoms with Gasteiger partial charge in [0.15, 0.2) is 0 Å². The summed E-state index contributed by atoms with van der Waals surface area (Å²) in [6.07, 6.45) is 1.42. The molecule has 0 spiro atoms. The molecule has 0 unspecified atom stereocenters. The van der Waals surface area contributed by atoms with E-state index in [-0.39, 0.29) is 5.56 Å². The Morgan fingerprint density at radius 1 is 1.67 bits per heavy atom. The first-order chi connectivity index (χ1) is 5.70. The maximum atomic E-state index is 11.3. The number of nitrogens with zero attached hydrogens (tertiary/aromatic N) is 1. The van der Waals surface area contributed by atoms with Crippen LogP contribution in [0, 0.1) is 6.92 Å². The molecular formula is C7H5BrN2OS. The van der Waals surface area contributed by atoms with Crippen molar-refractivity contribution in [3.05, 3.63) is 25.3 Å². The molecule has 1 N–H and O–H groups in total. The van der Waals surface area contributed by atoms with E-state index >= 15 is 0 Å². The van der Waals surface area contributed by atoms with Crippen LogP contribution in [0.25, 0.3) is 10.9 Å². The van der Waals surface area contributed by atoms with E-state index in [2.05, 4.69) is 25.9 Å². The number of fused-ring (bicyclic) bond motifs is 1. The van der Waals surface area contributed by atoms with Gasteiger partial charge in [-0.25, -0.2) is 4.98 Å². The molecule has 0 saturated carbocycles. The highest BCUT2D eigenvalue weighted by molar-refractivity contribution is 9.11. The largest absolute Gasteiger partial charge is 0.313 e. The van der Waals surface area contributed by atoms with Gasteiger partial charge in [-0.1, -0.05) is 0 Å². The lowest BCUT2D eigenvalue weighted by atomic mass is 10.3. The summed E-state index contributed by atoms with van der Waals surface area (Å²) in [4.78, 5) is 18.9. The lowest BCUT2D eigenvalue weighted by Gasteiger charge is -1.87. The standard InChI is InChI=1S/C7H5BrN2OS/c1-3-4-5(6(8)12-3)9-2-10-7(4)11/h2H,1H3,(H,9,10,11). The average Bonchev–Trinajstić information content (AvgIpc) is 2.29. The third kappa shape index (κ3) is 1.01. The number of aryl methyl sites for hydroxylation is 1. The normalized spacial score (nSPS) is 10.8. The monoisotopic (exact) mass is 244 g/mol. The molecule has 0 aliphatic rings. The van der Waals surface area contributed by atoms with Crippen LogP contribution in [0.3, 0.4) is 0 Å².